The first kappa shape index (κ1) is 21.7. The summed E-state index contributed by atoms with van der Waals surface area (Å²) in [6.07, 6.45) is 0. The van der Waals surface area contributed by atoms with Crippen molar-refractivity contribution >= 4 is 40.2 Å². The summed E-state index contributed by atoms with van der Waals surface area (Å²) in [6, 6.07) is 46.9. The van der Waals surface area contributed by atoms with E-state index in [1.807, 2.05) is 6.07 Å². The first-order valence-corrected chi connectivity index (χ1v) is 13.6. The highest BCUT2D eigenvalue weighted by molar-refractivity contribution is 7.00. The number of ether oxygens (including phenoxy) is 2. The maximum absolute atomic E-state index is 6.68. The minimum Gasteiger partial charge on any atom is -0.458 e. The molecular weight excluding hydrogens is 489 g/mol. The highest BCUT2D eigenvalue weighted by atomic mass is 16.5. The lowest BCUT2D eigenvalue weighted by Crippen LogP contribution is -2.61. The molecule has 9 rings (SSSR count). The number of benzene rings is 6. The Morgan fingerprint density at radius 2 is 0.875 bits per heavy atom. The second-order valence-electron chi connectivity index (χ2n) is 10.5. The van der Waals surface area contributed by atoms with Gasteiger partial charge >= 0.3 is 0 Å². The zero-order valence-corrected chi connectivity index (χ0v) is 21.5. The van der Waals surface area contributed by atoms with E-state index in [2.05, 4.69) is 132 Å². The molecule has 0 aromatic heterocycles. The molecule has 6 aromatic rings. The normalized spacial score (nSPS) is 13.3. The van der Waals surface area contributed by atoms with E-state index in [9.17, 15) is 0 Å². The van der Waals surface area contributed by atoms with Crippen molar-refractivity contribution in [2.45, 2.75) is 0 Å². The first-order chi connectivity index (χ1) is 19.8. The third-order valence-electron chi connectivity index (χ3n) is 8.28. The lowest BCUT2D eigenvalue weighted by molar-refractivity contribution is 0.464. The Labute approximate surface area is 233 Å². The summed E-state index contributed by atoms with van der Waals surface area (Å²) in [5, 5.41) is 0. The van der Waals surface area contributed by atoms with Gasteiger partial charge in [0.15, 0.2) is 0 Å². The van der Waals surface area contributed by atoms with Crippen LogP contribution in [0.15, 0.2) is 133 Å². The van der Waals surface area contributed by atoms with Gasteiger partial charge in [0.1, 0.15) is 23.0 Å². The molecule has 40 heavy (non-hydrogen) atoms. The van der Waals surface area contributed by atoms with E-state index in [4.69, 9.17) is 9.47 Å². The van der Waals surface area contributed by atoms with E-state index in [1.165, 1.54) is 10.9 Å². The molecule has 0 amide bonds. The molecule has 0 unspecified atom stereocenters. The highest BCUT2D eigenvalue weighted by Gasteiger charge is 2.47. The topological polar surface area (TPSA) is 21.7 Å². The highest BCUT2D eigenvalue weighted by Crippen LogP contribution is 2.48. The van der Waals surface area contributed by atoms with Crippen LogP contribution in [0.25, 0.3) is 22.3 Å². The second kappa shape index (κ2) is 8.14. The zero-order chi connectivity index (χ0) is 26.2. The number of anilines is 3. The van der Waals surface area contributed by atoms with Crippen molar-refractivity contribution in [2.24, 2.45) is 0 Å². The molecule has 0 saturated heterocycles. The molecule has 186 valence electrons. The van der Waals surface area contributed by atoms with E-state index in [0.29, 0.717) is 0 Å². The number of para-hydroxylation sites is 1. The van der Waals surface area contributed by atoms with Crippen LogP contribution in [0.5, 0.6) is 23.0 Å². The van der Waals surface area contributed by atoms with Gasteiger partial charge in [-0.1, -0.05) is 84.9 Å². The number of nitrogens with zero attached hydrogens (tertiary/aromatic N) is 1. The molecular formula is C36H22BNO2. The van der Waals surface area contributed by atoms with E-state index in [0.717, 1.165) is 67.8 Å². The van der Waals surface area contributed by atoms with Gasteiger partial charge in [-0.2, -0.15) is 0 Å². The molecule has 0 radical (unpaired) electrons. The van der Waals surface area contributed by atoms with Gasteiger partial charge in [-0.05, 0) is 81.7 Å². The molecule has 3 nitrogen and oxygen atoms in total. The van der Waals surface area contributed by atoms with Crippen LogP contribution in [-0.2, 0) is 0 Å². The van der Waals surface area contributed by atoms with Gasteiger partial charge < -0.3 is 14.4 Å². The van der Waals surface area contributed by atoms with Crippen molar-refractivity contribution in [3.63, 3.8) is 0 Å². The zero-order valence-electron chi connectivity index (χ0n) is 21.5. The van der Waals surface area contributed by atoms with Gasteiger partial charge in [-0.15, -0.1) is 0 Å². The molecule has 4 heteroatoms. The molecule has 0 atom stereocenters. The van der Waals surface area contributed by atoms with E-state index >= 15 is 0 Å². The fourth-order valence-corrected chi connectivity index (χ4v) is 6.58. The largest absolute Gasteiger partial charge is 0.458 e. The Balaban J connectivity index is 1.40. The third kappa shape index (κ3) is 3.02. The monoisotopic (exact) mass is 511 g/mol. The molecule has 0 spiro atoms. The summed E-state index contributed by atoms with van der Waals surface area (Å²) >= 11 is 0. The van der Waals surface area contributed by atoms with Crippen molar-refractivity contribution in [3.8, 4) is 45.3 Å². The van der Waals surface area contributed by atoms with Gasteiger partial charge in [0, 0.05) is 22.5 Å². The Morgan fingerprint density at radius 1 is 0.400 bits per heavy atom. The minimum atomic E-state index is 0.0262. The van der Waals surface area contributed by atoms with Crippen LogP contribution in [0, 0.1) is 0 Å². The van der Waals surface area contributed by atoms with Crippen LogP contribution in [0.2, 0.25) is 0 Å². The van der Waals surface area contributed by atoms with E-state index in [-0.39, 0.29) is 6.71 Å². The van der Waals surface area contributed by atoms with Crippen molar-refractivity contribution < 1.29 is 9.47 Å². The predicted octanol–water partition coefficient (Wildman–Crippen LogP) is 7.53. The summed E-state index contributed by atoms with van der Waals surface area (Å²) in [5.41, 5.74) is 11.4. The first-order valence-electron chi connectivity index (χ1n) is 13.6. The predicted molar refractivity (Wildman–Crippen MR) is 163 cm³/mol. The molecule has 0 N–H and O–H groups in total. The van der Waals surface area contributed by atoms with Crippen molar-refractivity contribution in [1.82, 2.24) is 0 Å². The van der Waals surface area contributed by atoms with Gasteiger partial charge in [-0.25, -0.2) is 0 Å². The van der Waals surface area contributed by atoms with Crippen LogP contribution in [-0.4, -0.2) is 6.71 Å². The fraction of sp³-hybridized carbons (Fsp3) is 0. The molecule has 6 aromatic carbocycles. The Hall–Kier alpha value is -5.22. The lowest BCUT2D eigenvalue weighted by atomic mass is 9.33. The van der Waals surface area contributed by atoms with Crippen molar-refractivity contribution in [1.29, 1.82) is 0 Å². The van der Waals surface area contributed by atoms with E-state index in [1.54, 1.807) is 0 Å². The average Bonchev–Trinajstić information content (AvgIpc) is 3.02. The fourth-order valence-electron chi connectivity index (χ4n) is 6.58. The Morgan fingerprint density at radius 3 is 1.38 bits per heavy atom. The van der Waals surface area contributed by atoms with Crippen LogP contribution in [0.4, 0.5) is 17.1 Å². The number of hydrogen-bond acceptors (Lipinski definition) is 3. The summed E-state index contributed by atoms with van der Waals surface area (Å²) in [7, 11) is 0. The molecule has 0 bridgehead atoms. The summed E-state index contributed by atoms with van der Waals surface area (Å²) in [6.45, 7) is 0.0262. The second-order valence-corrected chi connectivity index (χ2v) is 10.5. The van der Waals surface area contributed by atoms with Crippen LogP contribution in [0.3, 0.4) is 0 Å². The third-order valence-corrected chi connectivity index (χ3v) is 8.28. The summed E-state index contributed by atoms with van der Waals surface area (Å²) in [4.78, 5) is 2.39. The molecule has 0 saturated carbocycles. The molecule has 3 aliphatic rings. The van der Waals surface area contributed by atoms with E-state index < -0.39 is 0 Å². The lowest BCUT2D eigenvalue weighted by Gasteiger charge is -2.43. The number of rotatable bonds is 3. The molecule has 3 aliphatic heterocycles. The van der Waals surface area contributed by atoms with Gasteiger partial charge in [0.25, 0.3) is 6.71 Å². The molecule has 0 aliphatic carbocycles. The smallest absolute Gasteiger partial charge is 0.266 e. The number of hydrogen-bond donors (Lipinski definition) is 0. The maximum Gasteiger partial charge on any atom is 0.266 e. The van der Waals surface area contributed by atoms with Crippen molar-refractivity contribution in [3.05, 3.63) is 133 Å². The average molecular weight is 511 g/mol. The molecule has 3 heterocycles. The minimum absolute atomic E-state index is 0.0262. The quantitative estimate of drug-likeness (QED) is 0.229. The van der Waals surface area contributed by atoms with Gasteiger partial charge in [0.05, 0.1) is 0 Å². The molecule has 0 fully saturated rings. The van der Waals surface area contributed by atoms with Gasteiger partial charge in [-0.3, -0.25) is 0 Å². The van der Waals surface area contributed by atoms with Crippen LogP contribution in [0.1, 0.15) is 0 Å². The summed E-state index contributed by atoms with van der Waals surface area (Å²) in [5.74, 6) is 3.53. The van der Waals surface area contributed by atoms with Crippen molar-refractivity contribution in [2.75, 3.05) is 4.90 Å². The summed E-state index contributed by atoms with van der Waals surface area (Å²) < 4.78 is 13.4. The maximum atomic E-state index is 6.68. The van der Waals surface area contributed by atoms with Crippen LogP contribution < -0.4 is 30.8 Å². The Bertz CT molecular complexity index is 1840. The Kier molecular flexibility index (Phi) is 4.41. The van der Waals surface area contributed by atoms with Gasteiger partial charge in [0.2, 0.25) is 0 Å². The SMILES string of the molecule is c1ccc(-c2cc3c4c(c2)N(c2ccccc2)c2cc(-c5ccccc5)cc5c2B4c2c(cccc2O5)O3)cc1. The van der Waals surface area contributed by atoms with Crippen LogP contribution >= 0.6 is 0 Å². The standard InChI is InChI=1S/C36H22BNO2/c1-4-11-23(12-5-1)25-19-28-34-32(21-25)39-30-17-10-18-31-36(30)37(34)35-29(38(28)27-15-8-3-9-16-27)20-26(22-33(35)40-31)24-13-6-2-7-14-24/h1-22H.